The second-order valence-electron chi connectivity index (χ2n) is 4.88. The van der Waals surface area contributed by atoms with Crippen LogP contribution in [0.1, 0.15) is 32.6 Å². The summed E-state index contributed by atoms with van der Waals surface area (Å²) < 4.78 is 10.2. The number of aliphatic carboxylic acids is 1. The number of ether oxygens (including phenoxy) is 2. The van der Waals surface area contributed by atoms with Gasteiger partial charge in [0, 0.05) is 26.8 Å². The smallest absolute Gasteiger partial charge is 0.314 e. The van der Waals surface area contributed by atoms with Crippen LogP contribution in [0.5, 0.6) is 0 Å². The molecule has 0 spiro atoms. The number of carboxylic acid groups (broad SMARTS) is 1. The molecule has 1 unspecified atom stereocenters. The molecule has 0 aliphatic heterocycles. The minimum absolute atomic E-state index is 0.210. The monoisotopic (exact) mass is 304 g/mol. The maximum atomic E-state index is 11.4. The number of carboxylic acids is 1. The first-order chi connectivity index (χ1) is 10.1. The molecule has 0 aromatic heterocycles. The fourth-order valence-electron chi connectivity index (χ4n) is 1.57. The summed E-state index contributed by atoms with van der Waals surface area (Å²) in [5.74, 6) is -1.17. The normalized spacial score (nSPS) is 11.9. The molecule has 124 valence electrons. The lowest BCUT2D eigenvalue weighted by Crippen LogP contribution is -2.36. The molecule has 0 saturated carbocycles. The molecular formula is C14H28N2O5. The topological polar surface area (TPSA) is 96.9 Å². The van der Waals surface area contributed by atoms with Crippen molar-refractivity contribution in [3.63, 3.8) is 0 Å². The predicted octanol–water partition coefficient (Wildman–Crippen LogP) is 1.23. The number of rotatable bonds is 13. The van der Waals surface area contributed by atoms with Crippen molar-refractivity contribution in [3.05, 3.63) is 0 Å². The number of carbonyl (C=O) groups excluding carboxylic acids is 1. The van der Waals surface area contributed by atoms with E-state index in [1.807, 2.05) is 0 Å². The Morgan fingerprint density at radius 2 is 1.71 bits per heavy atom. The van der Waals surface area contributed by atoms with E-state index >= 15 is 0 Å². The molecule has 1 atom stereocenters. The van der Waals surface area contributed by atoms with E-state index in [-0.39, 0.29) is 11.9 Å². The van der Waals surface area contributed by atoms with Gasteiger partial charge in [-0.1, -0.05) is 6.92 Å². The van der Waals surface area contributed by atoms with Crippen LogP contribution in [0.4, 0.5) is 4.79 Å². The van der Waals surface area contributed by atoms with Crippen molar-refractivity contribution in [1.29, 1.82) is 0 Å². The van der Waals surface area contributed by atoms with E-state index < -0.39 is 5.97 Å². The minimum Gasteiger partial charge on any atom is -0.481 e. The molecule has 3 N–H and O–H groups in total. The molecule has 0 heterocycles. The van der Waals surface area contributed by atoms with Gasteiger partial charge in [-0.25, -0.2) is 4.79 Å². The number of unbranched alkanes of at least 4 members (excludes halogenated alkanes) is 1. The zero-order valence-corrected chi connectivity index (χ0v) is 13.0. The number of hydrogen-bond acceptors (Lipinski definition) is 4. The van der Waals surface area contributed by atoms with Crippen LogP contribution in [-0.4, -0.2) is 57.1 Å². The van der Waals surface area contributed by atoms with E-state index in [0.717, 1.165) is 12.8 Å². The molecule has 0 bridgehead atoms. The van der Waals surface area contributed by atoms with Crippen molar-refractivity contribution < 1.29 is 24.2 Å². The van der Waals surface area contributed by atoms with Crippen LogP contribution in [0.2, 0.25) is 0 Å². The quantitative estimate of drug-likeness (QED) is 0.445. The second-order valence-corrected chi connectivity index (χ2v) is 4.88. The number of methoxy groups -OCH3 is 1. The highest BCUT2D eigenvalue weighted by atomic mass is 16.5. The highest BCUT2D eigenvalue weighted by Crippen LogP contribution is 2.03. The van der Waals surface area contributed by atoms with E-state index in [1.165, 1.54) is 0 Å². The number of amides is 2. The van der Waals surface area contributed by atoms with Crippen LogP contribution in [0.25, 0.3) is 0 Å². The van der Waals surface area contributed by atoms with Crippen LogP contribution in [0.15, 0.2) is 0 Å². The third-order valence-electron chi connectivity index (χ3n) is 2.95. The molecule has 2 amide bonds. The zero-order valence-electron chi connectivity index (χ0n) is 13.0. The van der Waals surface area contributed by atoms with E-state index in [2.05, 4.69) is 10.6 Å². The molecule has 0 aliphatic carbocycles. The highest BCUT2D eigenvalue weighted by Gasteiger charge is 2.09. The molecule has 0 fully saturated rings. The molecule has 0 aromatic carbocycles. The lowest BCUT2D eigenvalue weighted by molar-refractivity contribution is -0.141. The summed E-state index contributed by atoms with van der Waals surface area (Å²) in [5, 5.41) is 14.2. The largest absolute Gasteiger partial charge is 0.481 e. The van der Waals surface area contributed by atoms with E-state index in [0.29, 0.717) is 45.8 Å². The Hall–Kier alpha value is -1.34. The third-order valence-corrected chi connectivity index (χ3v) is 2.95. The Morgan fingerprint density at radius 1 is 1.05 bits per heavy atom. The van der Waals surface area contributed by atoms with Crippen molar-refractivity contribution in [2.75, 3.05) is 40.0 Å². The first kappa shape index (κ1) is 19.7. The minimum atomic E-state index is -0.799. The van der Waals surface area contributed by atoms with E-state index in [9.17, 15) is 9.59 Å². The summed E-state index contributed by atoms with van der Waals surface area (Å²) in [6.07, 6.45) is 2.97. The number of carbonyl (C=O) groups is 2. The van der Waals surface area contributed by atoms with Gasteiger partial charge in [-0.15, -0.1) is 0 Å². The average molecular weight is 304 g/mol. The molecule has 7 nitrogen and oxygen atoms in total. The Bertz CT molecular complexity index is 287. The molecule has 7 heteroatoms. The number of hydrogen-bond donors (Lipinski definition) is 3. The second kappa shape index (κ2) is 13.6. The molecule has 0 aromatic rings. The lowest BCUT2D eigenvalue weighted by atomic mass is 10.1. The fourth-order valence-corrected chi connectivity index (χ4v) is 1.57. The number of nitrogens with one attached hydrogen (secondary N) is 2. The van der Waals surface area contributed by atoms with Gasteiger partial charge < -0.3 is 25.2 Å². The molecule has 0 saturated heterocycles. The fraction of sp³-hybridized carbons (Fsp3) is 0.857. The lowest BCUT2D eigenvalue weighted by Gasteiger charge is -2.09. The Kier molecular flexibility index (Phi) is 12.8. The summed E-state index contributed by atoms with van der Waals surface area (Å²) >= 11 is 0. The SMILES string of the molecule is COCCOCCCCNC(=O)NCCCC(C)C(=O)O. The molecule has 0 rings (SSSR count). The van der Waals surface area contributed by atoms with Gasteiger partial charge in [0.2, 0.25) is 0 Å². The van der Waals surface area contributed by atoms with E-state index in [4.69, 9.17) is 14.6 Å². The maximum Gasteiger partial charge on any atom is 0.314 e. The van der Waals surface area contributed by atoms with Crippen molar-refractivity contribution in [2.24, 2.45) is 5.92 Å². The van der Waals surface area contributed by atoms with Gasteiger partial charge in [-0.05, 0) is 25.7 Å². The van der Waals surface area contributed by atoms with Gasteiger partial charge in [-0.3, -0.25) is 4.79 Å². The summed E-state index contributed by atoms with van der Waals surface area (Å²) in [7, 11) is 1.63. The van der Waals surface area contributed by atoms with Crippen LogP contribution in [0, 0.1) is 5.92 Å². The molecule has 0 aliphatic rings. The van der Waals surface area contributed by atoms with Crippen molar-refractivity contribution in [1.82, 2.24) is 10.6 Å². The van der Waals surface area contributed by atoms with Crippen LogP contribution < -0.4 is 10.6 Å². The predicted molar refractivity (Wildman–Crippen MR) is 79.4 cm³/mol. The van der Waals surface area contributed by atoms with Gasteiger partial charge in [0.1, 0.15) is 0 Å². The third kappa shape index (κ3) is 13.4. The van der Waals surface area contributed by atoms with Gasteiger partial charge in [-0.2, -0.15) is 0 Å². The Balaban J connectivity index is 3.29. The van der Waals surface area contributed by atoms with Crippen LogP contribution >= 0.6 is 0 Å². The Labute approximate surface area is 126 Å². The van der Waals surface area contributed by atoms with Crippen molar-refractivity contribution in [3.8, 4) is 0 Å². The van der Waals surface area contributed by atoms with Crippen LogP contribution in [-0.2, 0) is 14.3 Å². The van der Waals surface area contributed by atoms with Gasteiger partial charge in [0.15, 0.2) is 0 Å². The van der Waals surface area contributed by atoms with Gasteiger partial charge >= 0.3 is 12.0 Å². The molecule has 0 radical (unpaired) electrons. The standard InChI is InChI=1S/C14H28N2O5/c1-12(13(17)18)6-5-8-16-14(19)15-7-3-4-9-21-11-10-20-2/h12H,3-11H2,1-2H3,(H,17,18)(H2,15,16,19). The first-order valence-corrected chi connectivity index (χ1v) is 7.39. The maximum absolute atomic E-state index is 11.4. The first-order valence-electron chi connectivity index (χ1n) is 7.39. The summed E-state index contributed by atoms with van der Waals surface area (Å²) in [4.78, 5) is 22.0. The number of urea groups is 1. The zero-order chi connectivity index (χ0) is 15.9. The summed E-state index contributed by atoms with van der Waals surface area (Å²) in [5.41, 5.74) is 0. The average Bonchev–Trinajstić information content (AvgIpc) is 2.46. The van der Waals surface area contributed by atoms with Crippen molar-refractivity contribution in [2.45, 2.75) is 32.6 Å². The van der Waals surface area contributed by atoms with Crippen molar-refractivity contribution >= 4 is 12.0 Å². The van der Waals surface area contributed by atoms with Gasteiger partial charge in [0.25, 0.3) is 0 Å². The molecule has 21 heavy (non-hydrogen) atoms. The van der Waals surface area contributed by atoms with E-state index in [1.54, 1.807) is 14.0 Å². The van der Waals surface area contributed by atoms with Crippen LogP contribution in [0.3, 0.4) is 0 Å². The summed E-state index contributed by atoms with van der Waals surface area (Å²) in [6.45, 7) is 4.62. The van der Waals surface area contributed by atoms with Gasteiger partial charge in [0.05, 0.1) is 19.1 Å². The molecular weight excluding hydrogens is 276 g/mol. The highest BCUT2D eigenvalue weighted by molar-refractivity contribution is 5.73. The summed E-state index contributed by atoms with van der Waals surface area (Å²) in [6, 6.07) is -0.210. The Morgan fingerprint density at radius 3 is 2.33 bits per heavy atom.